The molecule has 0 saturated carbocycles. The smallest absolute Gasteiger partial charge is 0.399 e. The van der Waals surface area contributed by atoms with Crippen molar-refractivity contribution in [3.8, 4) is 0 Å². The summed E-state index contributed by atoms with van der Waals surface area (Å²) in [6, 6.07) is 0.572. The normalized spacial score (nSPS) is 25.1. The number of hydrogen-bond acceptors (Lipinski definition) is 7. The molecule has 0 aliphatic carbocycles. The van der Waals surface area contributed by atoms with Crippen LogP contribution in [0.1, 0.15) is 53.4 Å². The van der Waals surface area contributed by atoms with E-state index in [9.17, 15) is 5.11 Å². The second kappa shape index (κ2) is 8.78. The highest BCUT2D eigenvalue weighted by Crippen LogP contribution is 2.36. The fraction of sp³-hybridized carbons (Fsp3) is 0.789. The van der Waals surface area contributed by atoms with Crippen LogP contribution in [0.2, 0.25) is 0 Å². The van der Waals surface area contributed by atoms with Gasteiger partial charge in [0.1, 0.15) is 0 Å². The molecule has 2 aliphatic rings. The average Bonchev–Trinajstić information content (AvgIpc) is 2.85. The van der Waals surface area contributed by atoms with Crippen molar-refractivity contribution < 1.29 is 14.4 Å². The van der Waals surface area contributed by atoms with E-state index in [-0.39, 0.29) is 17.8 Å². The monoisotopic (exact) mass is 393 g/mol. The van der Waals surface area contributed by atoms with Gasteiger partial charge in [-0.2, -0.15) is 0 Å². The number of aliphatic hydroxyl groups excluding tert-OH is 1. The third kappa shape index (κ3) is 5.04. The van der Waals surface area contributed by atoms with E-state index in [0.717, 1.165) is 35.9 Å². The molecule has 0 spiro atoms. The molecule has 0 aromatic carbocycles. The van der Waals surface area contributed by atoms with Gasteiger partial charge >= 0.3 is 7.12 Å². The summed E-state index contributed by atoms with van der Waals surface area (Å²) in [7, 11) is -0.414. The van der Waals surface area contributed by atoms with Crippen molar-refractivity contribution in [2.75, 3.05) is 25.4 Å². The minimum atomic E-state index is -0.414. The van der Waals surface area contributed by atoms with Crippen LogP contribution in [0, 0.1) is 0 Å². The Morgan fingerprint density at radius 1 is 1.19 bits per heavy atom. The summed E-state index contributed by atoms with van der Waals surface area (Å²) in [6.07, 6.45) is 8.49. The minimum Gasteiger partial charge on any atom is -0.399 e. The van der Waals surface area contributed by atoms with E-state index in [4.69, 9.17) is 9.31 Å². The maximum Gasteiger partial charge on any atom is 0.498 e. The van der Waals surface area contributed by atoms with Gasteiger partial charge in [-0.3, -0.25) is 4.90 Å². The summed E-state index contributed by atoms with van der Waals surface area (Å²) in [4.78, 5) is 11.4. The van der Waals surface area contributed by atoms with Crippen LogP contribution in [0.3, 0.4) is 0 Å². The summed E-state index contributed by atoms with van der Waals surface area (Å²) < 4.78 is 12.1. The number of piperidine rings is 1. The van der Waals surface area contributed by atoms with E-state index < -0.39 is 7.12 Å². The quantitative estimate of drug-likeness (QED) is 0.432. The molecular formula is C19H32BN3O3S. The maximum atomic E-state index is 9.23. The van der Waals surface area contributed by atoms with Crippen molar-refractivity contribution in [1.82, 2.24) is 14.9 Å². The van der Waals surface area contributed by atoms with Gasteiger partial charge in [0.05, 0.1) is 17.8 Å². The van der Waals surface area contributed by atoms with Crippen molar-refractivity contribution >= 4 is 24.3 Å². The number of rotatable bonds is 7. The number of aliphatic hydroxyl groups is 1. The van der Waals surface area contributed by atoms with Crippen LogP contribution in [-0.2, 0) is 9.31 Å². The molecule has 1 aromatic rings. The first-order chi connectivity index (χ1) is 12.8. The molecule has 8 heteroatoms. The van der Waals surface area contributed by atoms with Gasteiger partial charge in [0.25, 0.3) is 0 Å². The fourth-order valence-electron chi connectivity index (χ4n) is 3.60. The zero-order valence-corrected chi connectivity index (χ0v) is 17.8. The molecule has 3 heterocycles. The molecule has 2 aliphatic heterocycles. The Bertz CT molecular complexity index is 597. The number of aromatic nitrogens is 2. The van der Waals surface area contributed by atoms with Gasteiger partial charge in [0.15, 0.2) is 5.16 Å². The molecule has 0 radical (unpaired) electrons. The number of hydrogen-bond donors (Lipinski definition) is 1. The van der Waals surface area contributed by atoms with E-state index in [0.29, 0.717) is 6.04 Å². The van der Waals surface area contributed by atoms with Gasteiger partial charge < -0.3 is 14.4 Å². The SMILES string of the molecule is CC1(C)OB(c2cnc(SCCC3CCCCN3CCO)nc2)OC1(C)C. The van der Waals surface area contributed by atoms with Gasteiger partial charge in [-0.15, -0.1) is 0 Å². The Balaban J connectivity index is 1.50. The third-order valence-corrected chi connectivity index (χ3v) is 6.90. The van der Waals surface area contributed by atoms with E-state index in [1.54, 1.807) is 11.8 Å². The Morgan fingerprint density at radius 2 is 1.85 bits per heavy atom. The number of thioether (sulfide) groups is 1. The first-order valence-electron chi connectivity index (χ1n) is 9.98. The molecule has 6 nitrogen and oxygen atoms in total. The van der Waals surface area contributed by atoms with Gasteiger partial charge in [0.2, 0.25) is 0 Å². The molecule has 2 fully saturated rings. The number of β-amino-alcohol motifs (C(OH)–C–C–N with tert-alkyl or cyclic N) is 1. The molecule has 3 rings (SSSR count). The lowest BCUT2D eigenvalue weighted by Crippen LogP contribution is -2.41. The van der Waals surface area contributed by atoms with E-state index >= 15 is 0 Å². The highest BCUT2D eigenvalue weighted by molar-refractivity contribution is 7.99. The molecule has 1 N–H and O–H groups in total. The van der Waals surface area contributed by atoms with Crippen molar-refractivity contribution in [1.29, 1.82) is 0 Å². The highest BCUT2D eigenvalue weighted by Gasteiger charge is 2.51. The van der Waals surface area contributed by atoms with Crippen LogP contribution in [0.4, 0.5) is 0 Å². The lowest BCUT2D eigenvalue weighted by Gasteiger charge is -2.35. The molecule has 1 unspecified atom stereocenters. The second-order valence-corrected chi connectivity index (χ2v) is 9.50. The summed E-state index contributed by atoms with van der Waals surface area (Å²) >= 11 is 1.69. The summed E-state index contributed by atoms with van der Waals surface area (Å²) in [6.45, 7) is 10.3. The number of likely N-dealkylation sites (tertiary alicyclic amines) is 1. The Kier molecular flexibility index (Phi) is 6.85. The molecule has 1 atom stereocenters. The molecular weight excluding hydrogens is 361 g/mol. The Hall–Kier alpha value is -0.665. The van der Waals surface area contributed by atoms with E-state index in [1.165, 1.54) is 19.3 Å². The molecule has 1 aromatic heterocycles. The minimum absolute atomic E-state index is 0.243. The lowest BCUT2D eigenvalue weighted by molar-refractivity contribution is 0.00578. The molecule has 0 bridgehead atoms. The third-order valence-electron chi connectivity index (χ3n) is 5.99. The van der Waals surface area contributed by atoms with E-state index in [1.807, 2.05) is 40.1 Å². The topological polar surface area (TPSA) is 67.7 Å². The highest BCUT2D eigenvalue weighted by atomic mass is 32.2. The first kappa shape index (κ1) is 21.1. The van der Waals surface area contributed by atoms with Crippen LogP contribution in [0.15, 0.2) is 17.6 Å². The van der Waals surface area contributed by atoms with Crippen LogP contribution < -0.4 is 5.46 Å². The van der Waals surface area contributed by atoms with E-state index in [2.05, 4.69) is 14.9 Å². The van der Waals surface area contributed by atoms with Gasteiger partial charge in [0, 0.05) is 36.2 Å². The second-order valence-electron chi connectivity index (χ2n) is 8.43. The average molecular weight is 393 g/mol. The largest absolute Gasteiger partial charge is 0.498 e. The van der Waals surface area contributed by atoms with Gasteiger partial charge in [-0.05, 0) is 53.5 Å². The van der Waals surface area contributed by atoms with Crippen molar-refractivity contribution in [2.45, 2.75) is 75.8 Å². The molecule has 2 saturated heterocycles. The standard InChI is InChI=1S/C19H32BN3O3S/c1-18(2)19(3,4)26-20(25-18)15-13-21-17(22-14-15)27-12-8-16-7-5-6-9-23(16)10-11-24/h13-14,16,24H,5-12H2,1-4H3. The fourth-order valence-corrected chi connectivity index (χ4v) is 4.42. The predicted molar refractivity (Wildman–Crippen MR) is 109 cm³/mol. The summed E-state index contributed by atoms with van der Waals surface area (Å²) in [5.41, 5.74) is 0.149. The summed E-state index contributed by atoms with van der Waals surface area (Å²) in [5.74, 6) is 0.989. The van der Waals surface area contributed by atoms with Gasteiger partial charge in [-0.25, -0.2) is 9.97 Å². The van der Waals surface area contributed by atoms with Crippen molar-refractivity contribution in [3.05, 3.63) is 12.4 Å². The van der Waals surface area contributed by atoms with Gasteiger partial charge in [-0.1, -0.05) is 18.2 Å². The van der Waals surface area contributed by atoms with Crippen LogP contribution in [0.5, 0.6) is 0 Å². The first-order valence-corrected chi connectivity index (χ1v) is 11.0. The summed E-state index contributed by atoms with van der Waals surface area (Å²) in [5, 5.41) is 10.0. The zero-order valence-electron chi connectivity index (χ0n) is 17.0. The Labute approximate surface area is 167 Å². The Morgan fingerprint density at radius 3 is 2.48 bits per heavy atom. The van der Waals surface area contributed by atoms with Crippen LogP contribution in [0.25, 0.3) is 0 Å². The predicted octanol–water partition coefficient (Wildman–Crippen LogP) is 2.10. The van der Waals surface area contributed by atoms with Crippen LogP contribution in [-0.4, -0.2) is 69.8 Å². The van der Waals surface area contributed by atoms with Crippen molar-refractivity contribution in [2.24, 2.45) is 0 Å². The zero-order chi connectivity index (χ0) is 19.5. The lowest BCUT2D eigenvalue weighted by atomic mass is 9.81. The molecule has 150 valence electrons. The van der Waals surface area contributed by atoms with Crippen molar-refractivity contribution in [3.63, 3.8) is 0 Å². The molecule has 27 heavy (non-hydrogen) atoms. The number of nitrogens with zero attached hydrogens (tertiary/aromatic N) is 3. The maximum absolute atomic E-state index is 9.23. The molecule has 0 amide bonds. The van der Waals surface area contributed by atoms with Crippen LogP contribution >= 0.6 is 11.8 Å².